The van der Waals surface area contributed by atoms with Crippen molar-refractivity contribution < 1.29 is 38.6 Å². The molecule has 178 valence electrons. The molecule has 2 aromatic carbocycles. The van der Waals surface area contributed by atoms with E-state index in [1.54, 1.807) is 30.3 Å². The Balaban J connectivity index is 2.26. The van der Waals surface area contributed by atoms with Crippen molar-refractivity contribution in [2.24, 2.45) is 5.73 Å². The number of hydrogen-bond donors (Lipinski definition) is 3. The first-order valence-corrected chi connectivity index (χ1v) is 9.93. The van der Waals surface area contributed by atoms with Crippen LogP contribution in [0.1, 0.15) is 19.4 Å². The predicted molar refractivity (Wildman–Crippen MR) is 117 cm³/mol. The fourth-order valence-electron chi connectivity index (χ4n) is 3.70. The molecule has 1 aliphatic heterocycles. The Hall–Kier alpha value is -4.45. The number of amides is 4. The molecule has 0 aromatic heterocycles. The van der Waals surface area contributed by atoms with E-state index < -0.39 is 41.7 Å². The number of likely N-dealkylation sites (N-methyl/N-ethyl adjacent to an activating group) is 1. The van der Waals surface area contributed by atoms with Gasteiger partial charge in [-0.3, -0.25) is 24.2 Å². The molecule has 0 saturated carbocycles. The number of esters is 2. The van der Waals surface area contributed by atoms with Crippen LogP contribution in [0, 0.1) is 0 Å². The molecule has 12 nitrogen and oxygen atoms in total. The summed E-state index contributed by atoms with van der Waals surface area (Å²) in [4.78, 5) is 63.2. The number of carbonyl (C=O) groups is 5. The molecular weight excluding hydrogens is 448 g/mol. The molecule has 3 rings (SSSR count). The highest BCUT2D eigenvalue weighted by atomic mass is 16.6. The van der Waals surface area contributed by atoms with Gasteiger partial charge in [0.15, 0.2) is 17.0 Å². The number of carbonyl (C=O) groups excluding carboxylic acids is 4. The molecule has 0 spiro atoms. The minimum absolute atomic E-state index is 0.0557. The molecule has 2 atom stereocenters. The number of benzene rings is 2. The van der Waals surface area contributed by atoms with E-state index in [0.717, 1.165) is 29.7 Å². The molecule has 0 aliphatic carbocycles. The van der Waals surface area contributed by atoms with Gasteiger partial charge >= 0.3 is 24.1 Å². The summed E-state index contributed by atoms with van der Waals surface area (Å²) >= 11 is 0. The van der Waals surface area contributed by atoms with Gasteiger partial charge in [0.25, 0.3) is 5.91 Å². The topological polar surface area (TPSA) is 169 Å². The average Bonchev–Trinajstić information content (AvgIpc) is 2.76. The van der Waals surface area contributed by atoms with Crippen molar-refractivity contribution in [2.45, 2.75) is 25.6 Å². The number of nitrogens with two attached hydrogens (primary N) is 1. The van der Waals surface area contributed by atoms with Crippen molar-refractivity contribution in [1.29, 1.82) is 0 Å². The number of nitrogens with one attached hydrogen (secondary N) is 1. The van der Waals surface area contributed by atoms with Crippen molar-refractivity contribution in [2.75, 3.05) is 11.9 Å². The Bertz CT molecular complexity index is 1170. The summed E-state index contributed by atoms with van der Waals surface area (Å²) in [6.45, 7) is 2.24. The molecule has 1 aliphatic rings. The number of carboxylic acid groups (broad SMARTS) is 1. The van der Waals surface area contributed by atoms with E-state index >= 15 is 0 Å². The van der Waals surface area contributed by atoms with Crippen LogP contribution in [-0.2, 0) is 19.9 Å². The number of nitrogens with zero attached hydrogens (tertiary/aromatic N) is 2. The number of rotatable bonds is 5. The van der Waals surface area contributed by atoms with Crippen LogP contribution in [0.25, 0.3) is 0 Å². The Labute approximate surface area is 193 Å². The van der Waals surface area contributed by atoms with E-state index in [4.69, 9.17) is 15.2 Å². The Morgan fingerprint density at radius 3 is 2.15 bits per heavy atom. The normalized spacial score (nSPS) is 20.1. The smallest absolute Gasteiger partial charge is 0.405 e. The minimum atomic E-state index is -2.21. The van der Waals surface area contributed by atoms with E-state index in [-0.39, 0.29) is 17.1 Å². The Morgan fingerprint density at radius 2 is 1.59 bits per heavy atom. The SMILES string of the molecule is CC(=O)Oc1ccc(C2(NC(=O)O)C(=O)N(C)C(=O)N(c3ccccc3)C2N)cc1OC(C)=O. The molecule has 1 fully saturated rings. The van der Waals surface area contributed by atoms with E-state index in [1.165, 1.54) is 19.2 Å². The number of urea groups is 1. The average molecular weight is 470 g/mol. The van der Waals surface area contributed by atoms with Crippen molar-refractivity contribution in [3.8, 4) is 11.5 Å². The number of para-hydroxylation sites is 1. The number of imide groups is 1. The first kappa shape index (κ1) is 24.2. The summed E-state index contributed by atoms with van der Waals surface area (Å²) in [7, 11) is 1.19. The molecule has 0 radical (unpaired) electrons. The third-order valence-electron chi connectivity index (χ3n) is 5.10. The second-order valence-corrected chi connectivity index (χ2v) is 7.38. The fourth-order valence-corrected chi connectivity index (χ4v) is 3.70. The second-order valence-electron chi connectivity index (χ2n) is 7.38. The van der Waals surface area contributed by atoms with Crippen LogP contribution in [0.3, 0.4) is 0 Å². The predicted octanol–water partition coefficient (Wildman–Crippen LogP) is 1.38. The highest BCUT2D eigenvalue weighted by Crippen LogP contribution is 2.39. The lowest BCUT2D eigenvalue weighted by Gasteiger charge is -2.49. The number of hydrogen-bond acceptors (Lipinski definition) is 8. The highest BCUT2D eigenvalue weighted by molar-refractivity contribution is 6.11. The molecule has 4 amide bonds. The number of anilines is 1. The molecule has 2 unspecified atom stereocenters. The maximum absolute atomic E-state index is 13.5. The van der Waals surface area contributed by atoms with Gasteiger partial charge in [0.1, 0.15) is 6.17 Å². The fraction of sp³-hybridized carbons (Fsp3) is 0.227. The van der Waals surface area contributed by atoms with Crippen LogP contribution >= 0.6 is 0 Å². The largest absolute Gasteiger partial charge is 0.465 e. The van der Waals surface area contributed by atoms with E-state index in [9.17, 15) is 29.1 Å². The quantitative estimate of drug-likeness (QED) is 0.432. The van der Waals surface area contributed by atoms with Gasteiger partial charge in [0, 0.05) is 26.6 Å². The maximum Gasteiger partial charge on any atom is 0.405 e. The summed E-state index contributed by atoms with van der Waals surface area (Å²) < 4.78 is 10.2. The first-order chi connectivity index (χ1) is 16.0. The van der Waals surface area contributed by atoms with E-state index in [2.05, 4.69) is 5.32 Å². The maximum atomic E-state index is 13.5. The van der Waals surface area contributed by atoms with Crippen LogP contribution < -0.4 is 25.4 Å². The summed E-state index contributed by atoms with van der Waals surface area (Å²) in [5, 5.41) is 11.8. The number of ether oxygens (including phenoxy) is 2. The minimum Gasteiger partial charge on any atom is -0.465 e. The standard InChI is InChI=1S/C22H22N4O8/c1-12(27)33-16-10-9-14(11-17(16)34-13(2)28)22(24-20(30)31)18(23)26(15-7-5-4-6-8-15)21(32)25(3)19(22)29/h4-11,18,24H,23H2,1-3H3,(H,30,31). The van der Waals surface area contributed by atoms with Gasteiger partial charge in [-0.25, -0.2) is 9.59 Å². The second kappa shape index (κ2) is 9.19. The monoisotopic (exact) mass is 470 g/mol. The zero-order valence-corrected chi connectivity index (χ0v) is 18.5. The molecule has 12 heteroatoms. The van der Waals surface area contributed by atoms with Crippen LogP contribution in [0.4, 0.5) is 15.3 Å². The molecule has 1 heterocycles. The zero-order valence-electron chi connectivity index (χ0n) is 18.5. The van der Waals surface area contributed by atoms with Crippen LogP contribution in [0.2, 0.25) is 0 Å². The van der Waals surface area contributed by atoms with Crippen molar-refractivity contribution in [3.63, 3.8) is 0 Å². The van der Waals surface area contributed by atoms with Crippen LogP contribution in [0.5, 0.6) is 11.5 Å². The van der Waals surface area contributed by atoms with Gasteiger partial charge in [0.05, 0.1) is 0 Å². The van der Waals surface area contributed by atoms with E-state index in [1.807, 2.05) is 0 Å². The highest BCUT2D eigenvalue weighted by Gasteiger charge is 2.58. The van der Waals surface area contributed by atoms with Crippen molar-refractivity contribution >= 4 is 35.7 Å². The lowest BCUT2D eigenvalue weighted by Crippen LogP contribution is -2.76. The molecule has 2 aromatic rings. The summed E-state index contributed by atoms with van der Waals surface area (Å²) in [5.41, 5.74) is 4.47. The van der Waals surface area contributed by atoms with Gasteiger partial charge in [-0.05, 0) is 29.8 Å². The van der Waals surface area contributed by atoms with Crippen LogP contribution in [0.15, 0.2) is 48.5 Å². The zero-order chi connectivity index (χ0) is 25.2. The lowest BCUT2D eigenvalue weighted by molar-refractivity contribution is -0.137. The molecule has 4 N–H and O–H groups in total. The van der Waals surface area contributed by atoms with Crippen molar-refractivity contribution in [1.82, 2.24) is 10.2 Å². The first-order valence-electron chi connectivity index (χ1n) is 9.93. The Morgan fingerprint density at radius 1 is 1.00 bits per heavy atom. The third kappa shape index (κ3) is 4.26. The van der Waals surface area contributed by atoms with E-state index in [0.29, 0.717) is 5.69 Å². The summed E-state index contributed by atoms with van der Waals surface area (Å²) in [6, 6.07) is 11.0. The van der Waals surface area contributed by atoms with Crippen molar-refractivity contribution in [3.05, 3.63) is 54.1 Å². The lowest BCUT2D eigenvalue weighted by atomic mass is 9.82. The molecule has 0 bridgehead atoms. The molecule has 34 heavy (non-hydrogen) atoms. The van der Waals surface area contributed by atoms with Gasteiger partial charge < -0.3 is 25.6 Å². The summed E-state index contributed by atoms with van der Waals surface area (Å²) in [5.74, 6) is -2.82. The van der Waals surface area contributed by atoms with Gasteiger partial charge in [-0.2, -0.15) is 0 Å². The van der Waals surface area contributed by atoms with Gasteiger partial charge in [-0.1, -0.05) is 24.3 Å². The van der Waals surface area contributed by atoms with Gasteiger partial charge in [0.2, 0.25) is 0 Å². The molecular formula is C22H22N4O8. The van der Waals surface area contributed by atoms with Gasteiger partial charge in [-0.15, -0.1) is 0 Å². The molecule has 1 saturated heterocycles. The summed E-state index contributed by atoms with van der Waals surface area (Å²) in [6.07, 6.45) is -3.15. The third-order valence-corrected chi connectivity index (χ3v) is 5.10. The van der Waals surface area contributed by atoms with Crippen LogP contribution in [-0.4, -0.2) is 53.2 Å². The Kier molecular flexibility index (Phi) is 6.54.